The van der Waals surface area contributed by atoms with Crippen molar-refractivity contribution in [3.63, 3.8) is 0 Å². The predicted octanol–water partition coefficient (Wildman–Crippen LogP) is 4.08. The minimum Gasteiger partial charge on any atom is -0.454 e. The maximum Gasteiger partial charge on any atom is 0.167 e. The summed E-state index contributed by atoms with van der Waals surface area (Å²) in [5.74, 6) is -0.416. The maximum absolute atomic E-state index is 13.8. The van der Waals surface area contributed by atoms with E-state index in [1.54, 1.807) is 31.2 Å². The third-order valence-corrected chi connectivity index (χ3v) is 2.79. The van der Waals surface area contributed by atoms with Gasteiger partial charge in [-0.05, 0) is 30.3 Å². The molecule has 100 valence electrons. The minimum atomic E-state index is -0.636. The number of Topliss-reactive ketones (excluding diaryl/α,β-unsaturated/α-hetero) is 1. The summed E-state index contributed by atoms with van der Waals surface area (Å²) in [6, 6.07) is 12.5. The molecule has 2 aromatic carbocycles. The number of ether oxygens (including phenoxy) is 1. The Kier molecular flexibility index (Phi) is 4.11. The summed E-state index contributed by atoms with van der Waals surface area (Å²) in [4.78, 5) is 11.8. The average molecular weight is 269 g/mol. The molecule has 0 heterocycles. The Hall–Kier alpha value is -2.67. The molecule has 0 radical (unpaired) electrons. The third kappa shape index (κ3) is 2.83. The fourth-order valence-corrected chi connectivity index (χ4v) is 1.75. The van der Waals surface area contributed by atoms with Gasteiger partial charge in [0.1, 0.15) is 5.75 Å². The van der Waals surface area contributed by atoms with Crippen molar-refractivity contribution >= 4 is 5.78 Å². The van der Waals surface area contributed by atoms with Crippen molar-refractivity contribution in [1.29, 1.82) is 5.26 Å². The molecule has 3 nitrogen and oxygen atoms in total. The molecule has 0 aliphatic rings. The van der Waals surface area contributed by atoms with E-state index in [0.29, 0.717) is 17.7 Å². The zero-order chi connectivity index (χ0) is 14.5. The largest absolute Gasteiger partial charge is 0.454 e. The maximum atomic E-state index is 13.8. The quantitative estimate of drug-likeness (QED) is 0.786. The van der Waals surface area contributed by atoms with E-state index in [0.717, 1.165) is 6.07 Å². The van der Waals surface area contributed by atoms with Crippen LogP contribution in [0.5, 0.6) is 11.5 Å². The van der Waals surface area contributed by atoms with Gasteiger partial charge in [0.2, 0.25) is 0 Å². The number of ketones is 1. The van der Waals surface area contributed by atoms with Gasteiger partial charge in [-0.2, -0.15) is 5.26 Å². The van der Waals surface area contributed by atoms with Crippen LogP contribution in [0.2, 0.25) is 0 Å². The molecule has 4 heteroatoms. The standard InChI is InChI=1S/C16H12FNO2/c1-2-14(19)12-5-3-4-6-15(12)20-16-8-7-11(10-18)9-13(16)17/h3-9H,2H2,1H3. The number of para-hydroxylation sites is 1. The highest BCUT2D eigenvalue weighted by Crippen LogP contribution is 2.28. The van der Waals surface area contributed by atoms with Crippen LogP contribution in [0.3, 0.4) is 0 Å². The van der Waals surface area contributed by atoms with Crippen molar-refractivity contribution in [2.24, 2.45) is 0 Å². The normalized spacial score (nSPS) is 9.85. The van der Waals surface area contributed by atoms with Gasteiger partial charge in [0, 0.05) is 6.42 Å². The first kappa shape index (κ1) is 13.8. The van der Waals surface area contributed by atoms with Gasteiger partial charge < -0.3 is 4.74 Å². The smallest absolute Gasteiger partial charge is 0.167 e. The predicted molar refractivity (Wildman–Crippen MR) is 72.3 cm³/mol. The molecular weight excluding hydrogens is 257 g/mol. The van der Waals surface area contributed by atoms with Crippen molar-refractivity contribution in [2.75, 3.05) is 0 Å². The Morgan fingerprint density at radius 2 is 2.00 bits per heavy atom. The Morgan fingerprint density at radius 3 is 2.65 bits per heavy atom. The summed E-state index contributed by atoms with van der Waals surface area (Å²) in [5, 5.41) is 8.69. The molecule has 0 aliphatic carbocycles. The van der Waals surface area contributed by atoms with Gasteiger partial charge in [0.25, 0.3) is 0 Å². The molecule has 0 saturated heterocycles. The van der Waals surface area contributed by atoms with Crippen LogP contribution in [-0.2, 0) is 0 Å². The first-order valence-electron chi connectivity index (χ1n) is 6.15. The summed E-state index contributed by atoms with van der Waals surface area (Å²) in [5.41, 5.74) is 0.631. The van der Waals surface area contributed by atoms with E-state index in [4.69, 9.17) is 10.00 Å². The Labute approximate surface area is 116 Å². The molecule has 0 aliphatic heterocycles. The molecule has 2 rings (SSSR count). The molecule has 0 aromatic heterocycles. The molecule has 0 amide bonds. The lowest BCUT2D eigenvalue weighted by atomic mass is 10.1. The molecule has 0 N–H and O–H groups in total. The number of rotatable bonds is 4. The number of hydrogen-bond acceptors (Lipinski definition) is 3. The number of carbonyl (C=O) groups excluding carboxylic acids is 1. The molecule has 0 saturated carbocycles. The zero-order valence-corrected chi connectivity index (χ0v) is 10.9. The van der Waals surface area contributed by atoms with Crippen LogP contribution in [-0.4, -0.2) is 5.78 Å². The number of hydrogen-bond donors (Lipinski definition) is 0. The van der Waals surface area contributed by atoms with Gasteiger partial charge in [-0.3, -0.25) is 4.79 Å². The molecular formula is C16H12FNO2. The summed E-state index contributed by atoms with van der Waals surface area (Å²) in [6.07, 6.45) is 0.343. The Morgan fingerprint density at radius 1 is 1.25 bits per heavy atom. The van der Waals surface area contributed by atoms with Crippen molar-refractivity contribution in [3.05, 3.63) is 59.4 Å². The van der Waals surface area contributed by atoms with Crippen LogP contribution >= 0.6 is 0 Å². The first-order valence-corrected chi connectivity index (χ1v) is 6.15. The lowest BCUT2D eigenvalue weighted by Crippen LogP contribution is -2.00. The highest BCUT2D eigenvalue weighted by molar-refractivity contribution is 5.98. The van der Waals surface area contributed by atoms with Gasteiger partial charge in [-0.1, -0.05) is 19.1 Å². The number of benzene rings is 2. The Balaban J connectivity index is 2.36. The second kappa shape index (κ2) is 5.98. The number of halogens is 1. The van der Waals surface area contributed by atoms with E-state index in [-0.39, 0.29) is 17.1 Å². The second-order valence-electron chi connectivity index (χ2n) is 4.13. The molecule has 0 spiro atoms. The van der Waals surface area contributed by atoms with Crippen LogP contribution in [0.1, 0.15) is 29.3 Å². The monoisotopic (exact) mass is 269 g/mol. The highest BCUT2D eigenvalue weighted by Gasteiger charge is 2.13. The topological polar surface area (TPSA) is 50.1 Å². The molecule has 2 aromatic rings. The lowest BCUT2D eigenvalue weighted by Gasteiger charge is -2.10. The zero-order valence-electron chi connectivity index (χ0n) is 10.9. The fourth-order valence-electron chi connectivity index (χ4n) is 1.75. The van der Waals surface area contributed by atoms with Gasteiger partial charge >= 0.3 is 0 Å². The SMILES string of the molecule is CCC(=O)c1ccccc1Oc1ccc(C#N)cc1F. The van der Waals surface area contributed by atoms with E-state index in [9.17, 15) is 9.18 Å². The van der Waals surface area contributed by atoms with E-state index in [1.807, 2.05) is 6.07 Å². The number of carbonyl (C=O) groups is 1. The van der Waals surface area contributed by atoms with E-state index in [2.05, 4.69) is 0 Å². The fraction of sp³-hybridized carbons (Fsp3) is 0.125. The van der Waals surface area contributed by atoms with Crippen LogP contribution < -0.4 is 4.74 Å². The third-order valence-electron chi connectivity index (χ3n) is 2.79. The lowest BCUT2D eigenvalue weighted by molar-refractivity contribution is 0.0986. The van der Waals surface area contributed by atoms with Gasteiger partial charge in [0.15, 0.2) is 17.3 Å². The van der Waals surface area contributed by atoms with Gasteiger partial charge in [-0.25, -0.2) is 4.39 Å². The second-order valence-corrected chi connectivity index (χ2v) is 4.13. The van der Waals surface area contributed by atoms with Gasteiger partial charge in [-0.15, -0.1) is 0 Å². The summed E-state index contributed by atoms with van der Waals surface area (Å²) >= 11 is 0. The van der Waals surface area contributed by atoms with Crippen molar-refractivity contribution < 1.29 is 13.9 Å². The van der Waals surface area contributed by atoms with Crippen LogP contribution in [0, 0.1) is 17.1 Å². The molecule has 0 unspecified atom stereocenters. The van der Waals surface area contributed by atoms with Gasteiger partial charge in [0.05, 0.1) is 17.2 Å². The summed E-state index contributed by atoms with van der Waals surface area (Å²) in [6.45, 7) is 1.75. The molecule has 0 bridgehead atoms. The van der Waals surface area contributed by atoms with Crippen LogP contribution in [0.4, 0.5) is 4.39 Å². The van der Waals surface area contributed by atoms with E-state index >= 15 is 0 Å². The minimum absolute atomic E-state index is 0.0136. The molecule has 0 atom stereocenters. The summed E-state index contributed by atoms with van der Waals surface area (Å²) < 4.78 is 19.2. The average Bonchev–Trinajstić information content (AvgIpc) is 2.49. The molecule has 20 heavy (non-hydrogen) atoms. The number of nitriles is 1. The van der Waals surface area contributed by atoms with Crippen LogP contribution in [0.15, 0.2) is 42.5 Å². The van der Waals surface area contributed by atoms with Crippen LogP contribution in [0.25, 0.3) is 0 Å². The first-order chi connectivity index (χ1) is 9.65. The van der Waals surface area contributed by atoms with E-state index in [1.165, 1.54) is 12.1 Å². The highest BCUT2D eigenvalue weighted by atomic mass is 19.1. The van der Waals surface area contributed by atoms with Crippen molar-refractivity contribution in [2.45, 2.75) is 13.3 Å². The summed E-state index contributed by atoms with van der Waals surface area (Å²) in [7, 11) is 0. The number of nitrogens with zero attached hydrogens (tertiary/aromatic N) is 1. The van der Waals surface area contributed by atoms with Crippen molar-refractivity contribution in [1.82, 2.24) is 0 Å². The Bertz CT molecular complexity index is 689. The van der Waals surface area contributed by atoms with E-state index < -0.39 is 5.82 Å². The molecule has 0 fully saturated rings. The van der Waals surface area contributed by atoms with Crippen molar-refractivity contribution in [3.8, 4) is 17.6 Å².